The van der Waals surface area contributed by atoms with E-state index in [0.29, 0.717) is 6.61 Å². The fraction of sp³-hybridized carbons (Fsp3) is 0.750. The molecule has 0 saturated carbocycles. The summed E-state index contributed by atoms with van der Waals surface area (Å²) in [5, 5.41) is 10.3. The molecule has 1 N–H and O–H groups in total. The summed E-state index contributed by atoms with van der Waals surface area (Å²) in [7, 11) is 1.71. The number of likely N-dealkylation sites (N-methyl/N-ethyl adjacent to an activating group) is 1. The predicted octanol–water partition coefficient (Wildman–Crippen LogP) is 2.06. The number of hydrogen-bond donors (Lipinski definition) is 1. The molecule has 0 aliphatic carbocycles. The molecule has 0 amide bonds. The van der Waals surface area contributed by atoms with Gasteiger partial charge in [-0.05, 0) is 13.3 Å². The van der Waals surface area contributed by atoms with Gasteiger partial charge in [-0.2, -0.15) is 0 Å². The summed E-state index contributed by atoms with van der Waals surface area (Å²) in [4.78, 5) is 7.81. The van der Waals surface area contributed by atoms with Crippen LogP contribution in [0.25, 0.3) is 0 Å². The number of methoxy groups -OCH3 is 1. The fourth-order valence-corrected chi connectivity index (χ4v) is 2.71. The Hall–Kier alpha value is -0.650. The zero-order chi connectivity index (χ0) is 12.7. The fourth-order valence-electron chi connectivity index (χ4n) is 1.65. The number of nitrogens with zero attached hydrogens (tertiary/aromatic N) is 2. The second-order valence-electron chi connectivity index (χ2n) is 3.85. The van der Waals surface area contributed by atoms with Gasteiger partial charge < -0.3 is 14.7 Å². The molecule has 0 saturated heterocycles. The lowest BCUT2D eigenvalue weighted by molar-refractivity contribution is 0.205. The largest absolute Gasteiger partial charge is 0.391 e. The highest BCUT2D eigenvalue weighted by Crippen LogP contribution is 2.27. The molecular formula is C12H22N2O2S. The first-order valence-electron chi connectivity index (χ1n) is 6.10. The molecule has 1 aromatic rings. The Bertz CT molecular complexity index is 328. The molecule has 1 aromatic heterocycles. The zero-order valence-electron chi connectivity index (χ0n) is 10.9. The van der Waals surface area contributed by atoms with Gasteiger partial charge in [0.05, 0.1) is 23.8 Å². The summed E-state index contributed by atoms with van der Waals surface area (Å²) in [5.41, 5.74) is 1.05. The van der Waals surface area contributed by atoms with Crippen LogP contribution in [-0.4, -0.2) is 36.9 Å². The van der Waals surface area contributed by atoms with Crippen LogP contribution in [0.1, 0.15) is 30.8 Å². The van der Waals surface area contributed by atoms with E-state index >= 15 is 0 Å². The van der Waals surface area contributed by atoms with E-state index < -0.39 is 0 Å². The highest BCUT2D eigenvalue weighted by atomic mass is 32.1. The standard InChI is InChI=1S/C12H22N2O2S/c1-4-6-10-11(9-15)17-12(13-10)14(5-2)7-8-16-3/h15H,4-9H2,1-3H3. The first kappa shape index (κ1) is 14.4. The molecule has 0 radical (unpaired) electrons. The van der Waals surface area contributed by atoms with Gasteiger partial charge in [0.1, 0.15) is 0 Å². The van der Waals surface area contributed by atoms with Crippen LogP contribution in [0.5, 0.6) is 0 Å². The minimum atomic E-state index is 0.0921. The summed E-state index contributed by atoms with van der Waals surface area (Å²) in [6.07, 6.45) is 1.99. The van der Waals surface area contributed by atoms with Crippen LogP contribution >= 0.6 is 11.3 Å². The summed E-state index contributed by atoms with van der Waals surface area (Å²) < 4.78 is 5.09. The summed E-state index contributed by atoms with van der Waals surface area (Å²) >= 11 is 1.59. The summed E-state index contributed by atoms with van der Waals surface area (Å²) in [6, 6.07) is 0. The van der Waals surface area contributed by atoms with Crippen molar-refractivity contribution >= 4 is 16.5 Å². The molecule has 5 heteroatoms. The van der Waals surface area contributed by atoms with Gasteiger partial charge in [-0.25, -0.2) is 4.98 Å². The van der Waals surface area contributed by atoms with Gasteiger partial charge in [-0.1, -0.05) is 24.7 Å². The first-order valence-corrected chi connectivity index (χ1v) is 6.91. The predicted molar refractivity (Wildman–Crippen MR) is 71.8 cm³/mol. The van der Waals surface area contributed by atoms with Crippen molar-refractivity contribution in [3.63, 3.8) is 0 Å². The Kier molecular flexibility index (Phi) is 6.47. The Morgan fingerprint density at radius 3 is 2.71 bits per heavy atom. The Balaban J connectivity index is 2.80. The van der Waals surface area contributed by atoms with Crippen LogP contribution < -0.4 is 4.90 Å². The molecule has 0 fully saturated rings. The number of thiazole rings is 1. The van der Waals surface area contributed by atoms with E-state index in [1.54, 1.807) is 18.4 Å². The van der Waals surface area contributed by atoms with Gasteiger partial charge in [0, 0.05) is 20.2 Å². The second kappa shape index (κ2) is 7.63. The third-order valence-corrected chi connectivity index (χ3v) is 3.76. The number of rotatable bonds is 8. The third kappa shape index (κ3) is 3.94. The molecular weight excluding hydrogens is 236 g/mol. The van der Waals surface area contributed by atoms with Crippen LogP contribution in [0.4, 0.5) is 5.13 Å². The molecule has 17 heavy (non-hydrogen) atoms. The van der Waals surface area contributed by atoms with Crippen LogP contribution in [0.15, 0.2) is 0 Å². The number of aromatic nitrogens is 1. The van der Waals surface area contributed by atoms with Crippen molar-refractivity contribution < 1.29 is 9.84 Å². The van der Waals surface area contributed by atoms with Gasteiger partial charge in [-0.15, -0.1) is 0 Å². The van der Waals surface area contributed by atoms with Crippen LogP contribution in [0.3, 0.4) is 0 Å². The Labute approximate surface area is 107 Å². The molecule has 0 atom stereocenters. The van der Waals surface area contributed by atoms with Crippen LogP contribution in [-0.2, 0) is 17.8 Å². The molecule has 0 spiro atoms. The number of anilines is 1. The topological polar surface area (TPSA) is 45.6 Å². The van der Waals surface area contributed by atoms with Gasteiger partial charge in [0.25, 0.3) is 0 Å². The average molecular weight is 258 g/mol. The third-order valence-electron chi connectivity index (χ3n) is 2.61. The van der Waals surface area contributed by atoms with Crippen LogP contribution in [0, 0.1) is 0 Å². The molecule has 0 unspecified atom stereocenters. The van der Waals surface area contributed by atoms with Crippen molar-refractivity contribution in [3.05, 3.63) is 10.6 Å². The normalized spacial score (nSPS) is 10.8. The maximum absolute atomic E-state index is 9.32. The van der Waals surface area contributed by atoms with Gasteiger partial charge in [0.2, 0.25) is 0 Å². The van der Waals surface area contributed by atoms with E-state index in [1.807, 2.05) is 0 Å². The van der Waals surface area contributed by atoms with Crippen molar-refractivity contribution in [2.45, 2.75) is 33.3 Å². The molecule has 1 heterocycles. The molecule has 0 aliphatic heterocycles. The highest BCUT2D eigenvalue weighted by Gasteiger charge is 2.14. The number of aliphatic hydroxyl groups excluding tert-OH is 1. The Morgan fingerprint density at radius 2 is 2.18 bits per heavy atom. The van der Waals surface area contributed by atoms with E-state index in [4.69, 9.17) is 4.74 Å². The van der Waals surface area contributed by atoms with E-state index in [2.05, 4.69) is 23.7 Å². The second-order valence-corrected chi connectivity index (χ2v) is 4.91. The zero-order valence-corrected chi connectivity index (χ0v) is 11.7. The van der Waals surface area contributed by atoms with Crippen molar-refractivity contribution in [3.8, 4) is 0 Å². The molecule has 0 aromatic carbocycles. The Morgan fingerprint density at radius 1 is 1.41 bits per heavy atom. The molecule has 0 bridgehead atoms. The highest BCUT2D eigenvalue weighted by molar-refractivity contribution is 7.15. The van der Waals surface area contributed by atoms with Crippen molar-refractivity contribution in [2.24, 2.45) is 0 Å². The van der Waals surface area contributed by atoms with E-state index in [0.717, 1.165) is 41.6 Å². The maximum atomic E-state index is 9.32. The van der Waals surface area contributed by atoms with E-state index in [1.165, 1.54) is 0 Å². The first-order chi connectivity index (χ1) is 8.26. The summed E-state index contributed by atoms with van der Waals surface area (Å²) in [5.74, 6) is 0. The quantitative estimate of drug-likeness (QED) is 0.775. The smallest absolute Gasteiger partial charge is 0.185 e. The van der Waals surface area contributed by atoms with Gasteiger partial charge in [-0.3, -0.25) is 0 Å². The lowest BCUT2D eigenvalue weighted by Crippen LogP contribution is -2.26. The molecule has 98 valence electrons. The van der Waals surface area contributed by atoms with Crippen molar-refractivity contribution in [1.82, 2.24) is 4.98 Å². The van der Waals surface area contributed by atoms with Gasteiger partial charge >= 0.3 is 0 Å². The molecule has 4 nitrogen and oxygen atoms in total. The minimum Gasteiger partial charge on any atom is -0.391 e. The van der Waals surface area contributed by atoms with E-state index in [-0.39, 0.29) is 6.61 Å². The van der Waals surface area contributed by atoms with E-state index in [9.17, 15) is 5.11 Å². The van der Waals surface area contributed by atoms with Crippen LogP contribution in [0.2, 0.25) is 0 Å². The van der Waals surface area contributed by atoms with Crippen molar-refractivity contribution in [2.75, 3.05) is 31.7 Å². The number of aliphatic hydroxyl groups is 1. The van der Waals surface area contributed by atoms with Crippen molar-refractivity contribution in [1.29, 1.82) is 0 Å². The van der Waals surface area contributed by atoms with Gasteiger partial charge in [0.15, 0.2) is 5.13 Å². The minimum absolute atomic E-state index is 0.0921. The number of ether oxygens (including phenoxy) is 1. The molecule has 1 rings (SSSR count). The monoisotopic (exact) mass is 258 g/mol. The SMILES string of the molecule is CCCc1nc(N(CC)CCOC)sc1CO. The average Bonchev–Trinajstić information content (AvgIpc) is 2.74. The summed E-state index contributed by atoms with van der Waals surface area (Å²) in [6.45, 7) is 6.78. The number of aryl methyl sites for hydroxylation is 1. The molecule has 0 aliphatic rings. The maximum Gasteiger partial charge on any atom is 0.185 e. The number of hydrogen-bond acceptors (Lipinski definition) is 5. The lowest BCUT2D eigenvalue weighted by atomic mass is 10.2. The lowest BCUT2D eigenvalue weighted by Gasteiger charge is -2.18.